The smallest absolute Gasteiger partial charge is 0.270 e. The summed E-state index contributed by atoms with van der Waals surface area (Å²) in [6.45, 7) is 5.76. The lowest BCUT2D eigenvalue weighted by atomic mass is 10.1. The van der Waals surface area contributed by atoms with Gasteiger partial charge in [-0.15, -0.1) is 0 Å². The molecule has 0 spiro atoms. The standard InChI is InChI=1S/C13H17N3O2/c1-3-5-8-15(4-2)13-7-6-12(16(17)18)9-11(13)10-14/h6-7,9H,3-5,8H2,1-2H3. The van der Waals surface area contributed by atoms with Crippen LogP contribution in [0.25, 0.3) is 0 Å². The summed E-state index contributed by atoms with van der Waals surface area (Å²) in [6, 6.07) is 6.48. The number of rotatable bonds is 6. The van der Waals surface area contributed by atoms with Gasteiger partial charge in [0.25, 0.3) is 5.69 Å². The molecule has 5 nitrogen and oxygen atoms in total. The largest absolute Gasteiger partial charge is 0.371 e. The van der Waals surface area contributed by atoms with Gasteiger partial charge in [-0.25, -0.2) is 0 Å². The number of hydrogen-bond donors (Lipinski definition) is 0. The monoisotopic (exact) mass is 247 g/mol. The van der Waals surface area contributed by atoms with Crippen LogP contribution in [0.1, 0.15) is 32.3 Å². The maximum absolute atomic E-state index is 10.7. The molecule has 0 bridgehead atoms. The zero-order valence-corrected chi connectivity index (χ0v) is 10.7. The lowest BCUT2D eigenvalue weighted by molar-refractivity contribution is -0.384. The number of hydrogen-bond acceptors (Lipinski definition) is 4. The quantitative estimate of drug-likeness (QED) is 0.572. The molecule has 0 fully saturated rings. The fourth-order valence-corrected chi connectivity index (χ4v) is 1.80. The Morgan fingerprint density at radius 2 is 2.17 bits per heavy atom. The number of nitro benzene ring substituents is 1. The molecule has 0 radical (unpaired) electrons. The van der Waals surface area contributed by atoms with Crippen LogP contribution in [0.15, 0.2) is 18.2 Å². The molecule has 1 aromatic rings. The lowest BCUT2D eigenvalue weighted by Gasteiger charge is -2.23. The molecule has 96 valence electrons. The minimum Gasteiger partial charge on any atom is -0.371 e. The van der Waals surface area contributed by atoms with E-state index in [9.17, 15) is 10.1 Å². The Hall–Kier alpha value is -2.09. The van der Waals surface area contributed by atoms with Crippen molar-refractivity contribution in [1.82, 2.24) is 0 Å². The first-order valence-electron chi connectivity index (χ1n) is 6.07. The van der Waals surface area contributed by atoms with Crippen LogP contribution in [0, 0.1) is 21.4 Å². The zero-order chi connectivity index (χ0) is 13.5. The zero-order valence-electron chi connectivity index (χ0n) is 10.7. The second-order valence-corrected chi connectivity index (χ2v) is 4.00. The van der Waals surface area contributed by atoms with Crippen LogP contribution in [-0.2, 0) is 0 Å². The molecule has 0 aromatic heterocycles. The molecule has 18 heavy (non-hydrogen) atoms. The minimum absolute atomic E-state index is 0.0400. The molecule has 0 atom stereocenters. The van der Waals surface area contributed by atoms with Gasteiger partial charge in [0.2, 0.25) is 0 Å². The molecule has 0 N–H and O–H groups in total. The summed E-state index contributed by atoms with van der Waals surface area (Å²) >= 11 is 0. The SMILES string of the molecule is CCCCN(CC)c1ccc([N+](=O)[O-])cc1C#N. The number of nitriles is 1. The van der Waals surface area contributed by atoms with Gasteiger partial charge in [-0.3, -0.25) is 10.1 Å². The predicted molar refractivity (Wildman–Crippen MR) is 70.6 cm³/mol. The van der Waals surface area contributed by atoms with E-state index in [1.54, 1.807) is 6.07 Å². The van der Waals surface area contributed by atoms with Crippen molar-refractivity contribution >= 4 is 11.4 Å². The molecule has 0 aliphatic rings. The van der Waals surface area contributed by atoms with Crippen LogP contribution in [0.5, 0.6) is 0 Å². The van der Waals surface area contributed by atoms with Gasteiger partial charge in [-0.1, -0.05) is 13.3 Å². The van der Waals surface area contributed by atoms with E-state index < -0.39 is 4.92 Å². The van der Waals surface area contributed by atoms with Crippen LogP contribution in [0.2, 0.25) is 0 Å². The first kappa shape index (κ1) is 14.0. The molecule has 0 amide bonds. The van der Waals surface area contributed by atoms with Gasteiger partial charge < -0.3 is 4.90 Å². The highest BCUT2D eigenvalue weighted by molar-refractivity contribution is 5.62. The minimum atomic E-state index is -0.479. The summed E-state index contributed by atoms with van der Waals surface area (Å²) < 4.78 is 0. The normalized spacial score (nSPS) is 9.83. The fourth-order valence-electron chi connectivity index (χ4n) is 1.80. The number of nitro groups is 1. The summed E-state index contributed by atoms with van der Waals surface area (Å²) in [6.07, 6.45) is 2.11. The molecule has 5 heteroatoms. The second-order valence-electron chi connectivity index (χ2n) is 4.00. The fraction of sp³-hybridized carbons (Fsp3) is 0.462. The molecule has 0 saturated heterocycles. The third-order valence-corrected chi connectivity index (χ3v) is 2.82. The van der Waals surface area contributed by atoms with E-state index in [2.05, 4.69) is 11.8 Å². The first-order valence-corrected chi connectivity index (χ1v) is 6.07. The Balaban J connectivity index is 3.07. The van der Waals surface area contributed by atoms with Gasteiger partial charge in [-0.05, 0) is 19.4 Å². The van der Waals surface area contributed by atoms with E-state index in [4.69, 9.17) is 5.26 Å². The van der Waals surface area contributed by atoms with Crippen LogP contribution < -0.4 is 4.90 Å². The van der Waals surface area contributed by atoms with Gasteiger partial charge in [0.15, 0.2) is 0 Å². The third kappa shape index (κ3) is 3.20. The molecule has 0 unspecified atom stereocenters. The highest BCUT2D eigenvalue weighted by Crippen LogP contribution is 2.25. The average Bonchev–Trinajstić information content (AvgIpc) is 2.39. The van der Waals surface area contributed by atoms with E-state index >= 15 is 0 Å². The third-order valence-electron chi connectivity index (χ3n) is 2.82. The number of non-ortho nitro benzene ring substituents is 1. The van der Waals surface area contributed by atoms with Gasteiger partial charge in [0.1, 0.15) is 6.07 Å². The summed E-state index contributed by atoms with van der Waals surface area (Å²) in [5.41, 5.74) is 1.10. The van der Waals surface area contributed by atoms with Gasteiger partial charge in [0, 0.05) is 25.2 Å². The van der Waals surface area contributed by atoms with E-state index in [1.807, 2.05) is 13.0 Å². The number of anilines is 1. The van der Waals surface area contributed by atoms with Crippen molar-refractivity contribution < 1.29 is 4.92 Å². The van der Waals surface area contributed by atoms with Crippen molar-refractivity contribution in [3.05, 3.63) is 33.9 Å². The van der Waals surface area contributed by atoms with Crippen molar-refractivity contribution in [3.8, 4) is 6.07 Å². The molecule has 1 aromatic carbocycles. The molecule has 0 aliphatic heterocycles. The first-order chi connectivity index (χ1) is 8.63. The van der Waals surface area contributed by atoms with Gasteiger partial charge in [0.05, 0.1) is 16.2 Å². The number of benzene rings is 1. The number of unbranched alkanes of at least 4 members (excludes halogenated alkanes) is 1. The molecule has 0 aliphatic carbocycles. The van der Waals surface area contributed by atoms with E-state index in [1.165, 1.54) is 12.1 Å². The Kier molecular flexibility index (Phi) is 5.12. The molecule has 0 heterocycles. The van der Waals surface area contributed by atoms with E-state index in [-0.39, 0.29) is 5.69 Å². The Labute approximate surface area is 107 Å². The topological polar surface area (TPSA) is 70.2 Å². The van der Waals surface area contributed by atoms with Gasteiger partial charge in [-0.2, -0.15) is 5.26 Å². The van der Waals surface area contributed by atoms with E-state index in [0.29, 0.717) is 5.56 Å². The van der Waals surface area contributed by atoms with Crippen molar-refractivity contribution in [2.75, 3.05) is 18.0 Å². The summed E-state index contributed by atoms with van der Waals surface area (Å²) in [7, 11) is 0. The van der Waals surface area contributed by atoms with Crippen LogP contribution in [-0.4, -0.2) is 18.0 Å². The second kappa shape index (κ2) is 6.60. The van der Waals surface area contributed by atoms with Crippen LogP contribution >= 0.6 is 0 Å². The average molecular weight is 247 g/mol. The summed E-state index contributed by atoms with van der Waals surface area (Å²) in [5, 5.41) is 19.8. The molecular formula is C13H17N3O2. The molecular weight excluding hydrogens is 230 g/mol. The predicted octanol–water partition coefficient (Wildman–Crippen LogP) is 3.09. The van der Waals surface area contributed by atoms with Crippen molar-refractivity contribution in [1.29, 1.82) is 5.26 Å². The highest BCUT2D eigenvalue weighted by Gasteiger charge is 2.14. The molecule has 0 saturated carbocycles. The van der Waals surface area contributed by atoms with Crippen molar-refractivity contribution in [2.45, 2.75) is 26.7 Å². The lowest BCUT2D eigenvalue weighted by Crippen LogP contribution is -2.24. The Morgan fingerprint density at radius 1 is 1.44 bits per heavy atom. The van der Waals surface area contributed by atoms with Crippen molar-refractivity contribution in [3.63, 3.8) is 0 Å². The highest BCUT2D eigenvalue weighted by atomic mass is 16.6. The summed E-state index contributed by atoms with van der Waals surface area (Å²) in [5.74, 6) is 0. The maximum Gasteiger partial charge on any atom is 0.270 e. The molecule has 1 rings (SSSR count). The maximum atomic E-state index is 10.7. The van der Waals surface area contributed by atoms with Crippen LogP contribution in [0.4, 0.5) is 11.4 Å². The van der Waals surface area contributed by atoms with Crippen LogP contribution in [0.3, 0.4) is 0 Å². The summed E-state index contributed by atoms with van der Waals surface area (Å²) in [4.78, 5) is 12.3. The Bertz CT molecular complexity index is 466. The van der Waals surface area contributed by atoms with Gasteiger partial charge >= 0.3 is 0 Å². The van der Waals surface area contributed by atoms with E-state index in [0.717, 1.165) is 31.6 Å². The Morgan fingerprint density at radius 3 is 2.67 bits per heavy atom. The van der Waals surface area contributed by atoms with Crippen molar-refractivity contribution in [2.24, 2.45) is 0 Å². The number of nitrogens with zero attached hydrogens (tertiary/aromatic N) is 3.